The van der Waals surface area contributed by atoms with Crippen molar-refractivity contribution in [2.24, 2.45) is 4.99 Å². The molecule has 0 amide bonds. The number of fused-ring (bicyclic) bond motifs is 1. The Morgan fingerprint density at radius 2 is 2.18 bits per heavy atom. The predicted molar refractivity (Wildman–Crippen MR) is 68.6 cm³/mol. The molecule has 3 nitrogen and oxygen atoms in total. The van der Waals surface area contributed by atoms with Crippen molar-refractivity contribution in [1.29, 1.82) is 0 Å². The Labute approximate surface area is 102 Å². The third-order valence-corrected chi connectivity index (χ3v) is 3.42. The van der Waals surface area contributed by atoms with Crippen molar-refractivity contribution in [3.63, 3.8) is 0 Å². The van der Waals surface area contributed by atoms with E-state index in [4.69, 9.17) is 4.74 Å². The lowest BCUT2D eigenvalue weighted by Crippen LogP contribution is -2.33. The molecule has 1 aromatic carbocycles. The first kappa shape index (κ1) is 10.6. The van der Waals surface area contributed by atoms with Gasteiger partial charge in [-0.25, -0.2) is 0 Å². The van der Waals surface area contributed by atoms with Crippen LogP contribution in [-0.4, -0.2) is 19.0 Å². The van der Waals surface area contributed by atoms with Crippen LogP contribution in [0, 0.1) is 0 Å². The molecule has 0 fully saturated rings. The van der Waals surface area contributed by atoms with E-state index >= 15 is 0 Å². The quantitative estimate of drug-likeness (QED) is 0.804. The Balaban J connectivity index is 1.78. The first-order valence-corrected chi connectivity index (χ1v) is 6.45. The molecule has 0 spiro atoms. The maximum Gasteiger partial charge on any atom is 0.124 e. The van der Waals surface area contributed by atoms with Crippen LogP contribution < -0.4 is 10.1 Å². The van der Waals surface area contributed by atoms with Crippen molar-refractivity contribution >= 4 is 5.84 Å². The van der Waals surface area contributed by atoms with E-state index in [1.807, 2.05) is 12.1 Å². The second-order valence-corrected chi connectivity index (χ2v) is 4.66. The summed E-state index contributed by atoms with van der Waals surface area (Å²) in [5.41, 5.74) is 1.27. The maximum atomic E-state index is 5.66. The Hall–Kier alpha value is -1.51. The van der Waals surface area contributed by atoms with Gasteiger partial charge in [0.2, 0.25) is 0 Å². The van der Waals surface area contributed by atoms with Gasteiger partial charge in [-0.05, 0) is 18.9 Å². The molecule has 2 aliphatic heterocycles. The lowest BCUT2D eigenvalue weighted by Gasteiger charge is -2.28. The van der Waals surface area contributed by atoms with Crippen LogP contribution in [0.25, 0.3) is 0 Å². The van der Waals surface area contributed by atoms with Gasteiger partial charge in [0.05, 0.1) is 18.5 Å². The maximum absolute atomic E-state index is 5.66. The molecule has 17 heavy (non-hydrogen) atoms. The van der Waals surface area contributed by atoms with Crippen molar-refractivity contribution in [3.8, 4) is 5.75 Å². The summed E-state index contributed by atoms with van der Waals surface area (Å²) in [5.74, 6) is 2.20. The van der Waals surface area contributed by atoms with Crippen molar-refractivity contribution in [2.45, 2.75) is 31.7 Å². The molecule has 2 aliphatic rings. The second kappa shape index (κ2) is 4.78. The zero-order chi connectivity index (χ0) is 11.5. The molecular formula is C14H18N2O. The predicted octanol–water partition coefficient (Wildman–Crippen LogP) is 2.68. The zero-order valence-electron chi connectivity index (χ0n) is 9.98. The summed E-state index contributed by atoms with van der Waals surface area (Å²) in [5, 5.41) is 3.58. The number of nitrogens with one attached hydrogen (secondary N) is 1. The van der Waals surface area contributed by atoms with Gasteiger partial charge in [0.25, 0.3) is 0 Å². The normalized spacial score (nSPS) is 23.3. The van der Waals surface area contributed by atoms with Gasteiger partial charge in [-0.1, -0.05) is 18.2 Å². The molecule has 1 aromatic rings. The van der Waals surface area contributed by atoms with E-state index in [0.717, 1.165) is 31.7 Å². The second-order valence-electron chi connectivity index (χ2n) is 4.66. The number of para-hydroxylation sites is 1. The minimum Gasteiger partial charge on any atom is -0.493 e. The molecule has 0 bridgehead atoms. The van der Waals surface area contributed by atoms with Gasteiger partial charge in [0, 0.05) is 24.9 Å². The molecule has 0 aliphatic carbocycles. The fourth-order valence-corrected chi connectivity index (χ4v) is 2.51. The van der Waals surface area contributed by atoms with E-state index < -0.39 is 0 Å². The molecular weight excluding hydrogens is 212 g/mol. The van der Waals surface area contributed by atoms with E-state index in [1.165, 1.54) is 24.2 Å². The summed E-state index contributed by atoms with van der Waals surface area (Å²) < 4.78 is 5.66. The minimum absolute atomic E-state index is 0.372. The van der Waals surface area contributed by atoms with Gasteiger partial charge in [0.1, 0.15) is 5.75 Å². The summed E-state index contributed by atoms with van der Waals surface area (Å²) in [6.07, 6.45) is 4.61. The van der Waals surface area contributed by atoms with Crippen molar-refractivity contribution in [2.75, 3.05) is 13.2 Å². The van der Waals surface area contributed by atoms with Crippen LogP contribution in [0.3, 0.4) is 0 Å². The van der Waals surface area contributed by atoms with Crippen LogP contribution in [0.4, 0.5) is 0 Å². The third kappa shape index (κ3) is 2.28. The fourth-order valence-electron chi connectivity index (χ4n) is 2.51. The lowest BCUT2D eigenvalue weighted by atomic mass is 10.00. The summed E-state index contributed by atoms with van der Waals surface area (Å²) in [4.78, 5) is 4.56. The van der Waals surface area contributed by atoms with Crippen molar-refractivity contribution in [3.05, 3.63) is 29.8 Å². The smallest absolute Gasteiger partial charge is 0.124 e. The average molecular weight is 230 g/mol. The van der Waals surface area contributed by atoms with Gasteiger partial charge in [-0.3, -0.25) is 4.99 Å². The highest BCUT2D eigenvalue weighted by molar-refractivity contribution is 5.83. The molecule has 3 heteroatoms. The molecule has 1 unspecified atom stereocenters. The largest absolute Gasteiger partial charge is 0.493 e. The Bertz CT molecular complexity index is 428. The average Bonchev–Trinajstić information content (AvgIpc) is 2.40. The molecule has 0 saturated heterocycles. The van der Waals surface area contributed by atoms with E-state index in [0.29, 0.717) is 6.04 Å². The molecule has 2 heterocycles. The summed E-state index contributed by atoms with van der Waals surface area (Å²) in [6.45, 7) is 1.77. The van der Waals surface area contributed by atoms with Crippen molar-refractivity contribution < 1.29 is 4.74 Å². The molecule has 1 atom stereocenters. The number of nitrogens with zero attached hydrogens (tertiary/aromatic N) is 1. The highest BCUT2D eigenvalue weighted by atomic mass is 16.5. The molecule has 0 saturated carbocycles. The lowest BCUT2D eigenvalue weighted by molar-refractivity contribution is 0.261. The highest BCUT2D eigenvalue weighted by Gasteiger charge is 2.22. The Kier molecular flexibility index (Phi) is 2.99. The topological polar surface area (TPSA) is 33.6 Å². The summed E-state index contributed by atoms with van der Waals surface area (Å²) in [7, 11) is 0. The van der Waals surface area contributed by atoms with E-state index in [9.17, 15) is 0 Å². The number of benzene rings is 1. The number of hydrogen-bond donors (Lipinski definition) is 1. The number of hydrogen-bond acceptors (Lipinski definition) is 3. The van der Waals surface area contributed by atoms with Crippen LogP contribution in [0.2, 0.25) is 0 Å². The zero-order valence-corrected chi connectivity index (χ0v) is 9.98. The Morgan fingerprint density at radius 1 is 1.24 bits per heavy atom. The Morgan fingerprint density at radius 3 is 3.06 bits per heavy atom. The number of rotatable bonds is 1. The van der Waals surface area contributed by atoms with Gasteiger partial charge >= 0.3 is 0 Å². The van der Waals surface area contributed by atoms with Gasteiger partial charge in [-0.15, -0.1) is 0 Å². The standard InChI is InChI=1S/C14H18N2O/c1-2-6-13-11(5-1)12(8-10-17-13)16-14-7-3-4-9-15-14/h1-2,5-6,12H,3-4,7-10H2,(H,15,16). The van der Waals surface area contributed by atoms with Crippen molar-refractivity contribution in [1.82, 2.24) is 5.32 Å². The van der Waals surface area contributed by atoms with E-state index in [1.54, 1.807) is 0 Å². The van der Waals surface area contributed by atoms with E-state index in [2.05, 4.69) is 22.4 Å². The highest BCUT2D eigenvalue weighted by Crippen LogP contribution is 2.31. The molecule has 1 N–H and O–H groups in total. The fraction of sp³-hybridized carbons (Fsp3) is 0.500. The monoisotopic (exact) mass is 230 g/mol. The molecule has 0 aromatic heterocycles. The summed E-state index contributed by atoms with van der Waals surface area (Å²) >= 11 is 0. The van der Waals surface area contributed by atoms with Crippen LogP contribution >= 0.6 is 0 Å². The van der Waals surface area contributed by atoms with Gasteiger partial charge in [0.15, 0.2) is 0 Å². The molecule has 90 valence electrons. The third-order valence-electron chi connectivity index (χ3n) is 3.42. The molecule has 3 rings (SSSR count). The van der Waals surface area contributed by atoms with Gasteiger partial charge in [-0.2, -0.15) is 0 Å². The van der Waals surface area contributed by atoms with E-state index in [-0.39, 0.29) is 0 Å². The number of ether oxygens (including phenoxy) is 1. The van der Waals surface area contributed by atoms with Gasteiger partial charge < -0.3 is 10.1 Å². The van der Waals surface area contributed by atoms with Crippen LogP contribution in [-0.2, 0) is 0 Å². The van der Waals surface area contributed by atoms with Crippen LogP contribution in [0.15, 0.2) is 29.3 Å². The van der Waals surface area contributed by atoms with Crippen LogP contribution in [0.1, 0.15) is 37.3 Å². The number of aliphatic imine (C=N–C) groups is 1. The van der Waals surface area contributed by atoms with Crippen LogP contribution in [0.5, 0.6) is 5.75 Å². The SMILES string of the molecule is c1ccc2c(c1)OCCC2NC1=NCCCC1. The first-order chi connectivity index (χ1) is 8.43. The minimum atomic E-state index is 0.372. The first-order valence-electron chi connectivity index (χ1n) is 6.45. The number of amidine groups is 1. The molecule has 0 radical (unpaired) electrons. The summed E-state index contributed by atoms with van der Waals surface area (Å²) in [6, 6.07) is 8.67.